The molecule has 2 aromatic carbocycles. The summed E-state index contributed by atoms with van der Waals surface area (Å²) in [5.74, 6) is -0.0140. The number of fused-ring (bicyclic) bond motifs is 1. The van der Waals surface area contributed by atoms with Gasteiger partial charge in [0, 0.05) is 17.4 Å². The maximum Gasteiger partial charge on any atom is 0.265 e. The first kappa shape index (κ1) is 20.7. The van der Waals surface area contributed by atoms with Crippen LogP contribution in [0.3, 0.4) is 0 Å². The summed E-state index contributed by atoms with van der Waals surface area (Å²) in [6.45, 7) is 5.97. The second kappa shape index (κ2) is 7.91. The Labute approximate surface area is 179 Å². The number of H-pyrrole nitrogens is 1. The first-order valence-electron chi connectivity index (χ1n) is 10.1. The molecule has 0 spiro atoms. The van der Waals surface area contributed by atoms with Crippen molar-refractivity contribution in [1.82, 2.24) is 4.98 Å². The molecule has 160 valence electrons. The number of aromatic nitrogens is 1. The Kier molecular flexibility index (Phi) is 5.27. The van der Waals surface area contributed by atoms with Crippen LogP contribution in [0.25, 0.3) is 0 Å². The number of carbonyl (C=O) groups is 1. The number of rotatable bonds is 4. The zero-order valence-electron chi connectivity index (χ0n) is 17.9. The Morgan fingerprint density at radius 1 is 1.00 bits per heavy atom. The van der Waals surface area contributed by atoms with Gasteiger partial charge < -0.3 is 14.6 Å². The van der Waals surface area contributed by atoms with Gasteiger partial charge in [-0.3, -0.25) is 14.5 Å². The van der Waals surface area contributed by atoms with Crippen molar-refractivity contribution in [2.24, 2.45) is 0 Å². The molecule has 6 nitrogen and oxygen atoms in total. The molecule has 0 aliphatic carbocycles. The summed E-state index contributed by atoms with van der Waals surface area (Å²) in [4.78, 5) is 31.6. The number of aromatic amines is 1. The summed E-state index contributed by atoms with van der Waals surface area (Å²) in [7, 11) is 1.52. The smallest absolute Gasteiger partial charge is 0.265 e. The van der Waals surface area contributed by atoms with Crippen LogP contribution in [-0.2, 0) is 0 Å². The molecule has 1 aromatic heterocycles. The van der Waals surface area contributed by atoms with Gasteiger partial charge in [0.2, 0.25) is 5.56 Å². The largest absolute Gasteiger partial charge is 0.496 e. The highest BCUT2D eigenvalue weighted by Crippen LogP contribution is 2.42. The average Bonchev–Trinajstić information content (AvgIpc) is 2.74. The molecule has 3 aromatic rings. The predicted molar refractivity (Wildman–Crippen MR) is 119 cm³/mol. The normalized spacial score (nSPS) is 13.5. The lowest BCUT2D eigenvalue weighted by Gasteiger charge is -2.40. The van der Waals surface area contributed by atoms with E-state index in [1.54, 1.807) is 30.0 Å². The minimum Gasteiger partial charge on any atom is -0.496 e. The van der Waals surface area contributed by atoms with E-state index >= 15 is 0 Å². The molecule has 0 saturated carbocycles. The van der Waals surface area contributed by atoms with Gasteiger partial charge in [0.25, 0.3) is 5.91 Å². The summed E-state index contributed by atoms with van der Waals surface area (Å²) >= 11 is 0. The highest BCUT2D eigenvalue weighted by molar-refractivity contribution is 6.14. The van der Waals surface area contributed by atoms with Gasteiger partial charge in [-0.25, -0.2) is 4.39 Å². The lowest BCUT2D eigenvalue weighted by Crippen LogP contribution is -2.46. The van der Waals surface area contributed by atoms with Gasteiger partial charge in [-0.2, -0.15) is 0 Å². The third-order valence-corrected chi connectivity index (χ3v) is 5.54. The molecule has 0 radical (unpaired) electrons. The minimum atomic E-state index is -0.306. The predicted octanol–water partition coefficient (Wildman–Crippen LogP) is 4.71. The van der Waals surface area contributed by atoms with Crippen molar-refractivity contribution in [3.8, 4) is 5.75 Å². The van der Waals surface area contributed by atoms with Gasteiger partial charge in [0.1, 0.15) is 23.8 Å². The molecular weight excluding hydrogens is 397 g/mol. The first-order valence-corrected chi connectivity index (χ1v) is 10.1. The fourth-order valence-electron chi connectivity index (χ4n) is 4.03. The monoisotopic (exact) mass is 421 g/mol. The zero-order chi connectivity index (χ0) is 22.3. The van der Waals surface area contributed by atoms with Crippen molar-refractivity contribution in [2.45, 2.75) is 26.7 Å². The maximum absolute atomic E-state index is 14.0. The Morgan fingerprint density at radius 3 is 2.42 bits per heavy atom. The number of halogens is 1. The number of hydrogen-bond acceptors (Lipinski definition) is 4. The maximum atomic E-state index is 14.0. The van der Waals surface area contributed by atoms with Crippen LogP contribution in [0.2, 0.25) is 0 Å². The van der Waals surface area contributed by atoms with Crippen molar-refractivity contribution < 1.29 is 13.9 Å². The average molecular weight is 421 g/mol. The lowest BCUT2D eigenvalue weighted by atomic mass is 9.98. The number of carbonyl (C=O) groups excluding carboxylic acids is 1. The van der Waals surface area contributed by atoms with Gasteiger partial charge in [-0.05, 0) is 54.8 Å². The van der Waals surface area contributed by atoms with Crippen LogP contribution >= 0.6 is 0 Å². The third-order valence-electron chi connectivity index (χ3n) is 5.54. The van der Waals surface area contributed by atoms with Crippen molar-refractivity contribution in [3.63, 3.8) is 0 Å². The Morgan fingerprint density at radius 2 is 1.74 bits per heavy atom. The van der Waals surface area contributed by atoms with Crippen molar-refractivity contribution >= 4 is 23.0 Å². The second-order valence-electron chi connectivity index (χ2n) is 7.85. The molecule has 0 bridgehead atoms. The number of pyridine rings is 1. The highest BCUT2D eigenvalue weighted by atomic mass is 19.1. The van der Waals surface area contributed by atoms with E-state index < -0.39 is 0 Å². The Hall–Kier alpha value is -3.61. The van der Waals surface area contributed by atoms with E-state index in [-0.39, 0.29) is 29.9 Å². The number of methoxy groups -OCH3 is 1. The standard InChI is InChI=1S/C24H24FN3O3/c1-14(2)17-12-16(25)8-9-19(17)27-13-28(18-10-11-22(29)26-15(18)3)24(30)23-20(27)6-5-7-21(23)31-4/h5-12,14H,13H2,1-4H3,(H,26,29). The van der Waals surface area contributed by atoms with E-state index in [9.17, 15) is 14.0 Å². The van der Waals surface area contributed by atoms with Crippen LogP contribution in [0.4, 0.5) is 21.5 Å². The van der Waals surface area contributed by atoms with Crippen molar-refractivity contribution in [1.29, 1.82) is 0 Å². The quantitative estimate of drug-likeness (QED) is 0.663. The molecule has 2 heterocycles. The van der Waals surface area contributed by atoms with Crippen LogP contribution in [0.5, 0.6) is 5.75 Å². The number of amides is 1. The minimum absolute atomic E-state index is 0.0700. The topological polar surface area (TPSA) is 65.6 Å². The van der Waals surface area contributed by atoms with Gasteiger partial charge in [0.15, 0.2) is 0 Å². The summed E-state index contributed by atoms with van der Waals surface area (Å²) in [5.41, 5.74) is 3.70. The molecule has 4 rings (SSSR count). The van der Waals surface area contributed by atoms with E-state index in [1.807, 2.05) is 30.9 Å². The Balaban J connectivity index is 1.96. The lowest BCUT2D eigenvalue weighted by molar-refractivity contribution is 0.0980. The molecule has 7 heteroatoms. The van der Waals surface area contributed by atoms with Gasteiger partial charge in [-0.15, -0.1) is 0 Å². The summed E-state index contributed by atoms with van der Waals surface area (Å²) < 4.78 is 19.6. The van der Waals surface area contributed by atoms with Crippen LogP contribution < -0.4 is 20.1 Å². The Bertz CT molecular complexity index is 1220. The number of aryl methyl sites for hydroxylation is 1. The number of anilines is 3. The summed E-state index contributed by atoms with van der Waals surface area (Å²) in [6.07, 6.45) is 0. The van der Waals surface area contributed by atoms with Gasteiger partial charge in [-0.1, -0.05) is 19.9 Å². The van der Waals surface area contributed by atoms with Crippen molar-refractivity contribution in [2.75, 3.05) is 23.6 Å². The van der Waals surface area contributed by atoms with E-state index in [0.717, 1.165) is 11.3 Å². The molecular formula is C24H24FN3O3. The number of hydrogen-bond donors (Lipinski definition) is 1. The van der Waals surface area contributed by atoms with Crippen molar-refractivity contribution in [3.05, 3.63) is 81.5 Å². The summed E-state index contributed by atoms with van der Waals surface area (Å²) in [5, 5.41) is 0. The second-order valence-corrected chi connectivity index (χ2v) is 7.85. The zero-order valence-corrected chi connectivity index (χ0v) is 17.9. The van der Waals surface area contributed by atoms with E-state index in [1.165, 1.54) is 25.3 Å². The number of nitrogens with zero attached hydrogens (tertiary/aromatic N) is 2. The molecule has 1 amide bonds. The van der Waals surface area contributed by atoms with Crippen LogP contribution in [0.15, 0.2) is 53.3 Å². The molecule has 0 unspecified atom stereocenters. The molecule has 1 aliphatic rings. The molecule has 31 heavy (non-hydrogen) atoms. The number of ether oxygens (including phenoxy) is 1. The fraction of sp³-hybridized carbons (Fsp3) is 0.250. The third kappa shape index (κ3) is 3.56. The van der Waals surface area contributed by atoms with E-state index in [4.69, 9.17) is 4.74 Å². The molecule has 0 fully saturated rings. The molecule has 1 aliphatic heterocycles. The number of benzene rings is 2. The summed E-state index contributed by atoms with van der Waals surface area (Å²) in [6, 6.07) is 13.2. The van der Waals surface area contributed by atoms with Crippen LogP contribution in [0, 0.1) is 12.7 Å². The molecule has 0 saturated heterocycles. The first-order chi connectivity index (χ1) is 14.8. The number of nitrogens with one attached hydrogen (secondary N) is 1. The van der Waals surface area contributed by atoms with Gasteiger partial charge in [0.05, 0.1) is 18.5 Å². The highest BCUT2D eigenvalue weighted by Gasteiger charge is 2.35. The SMILES string of the molecule is COc1cccc2c1C(=O)N(c1ccc(=O)[nH]c1C)CN2c1ccc(F)cc1C(C)C. The van der Waals surface area contributed by atoms with Gasteiger partial charge >= 0.3 is 0 Å². The van der Waals surface area contributed by atoms with E-state index in [0.29, 0.717) is 28.4 Å². The van der Waals surface area contributed by atoms with Crippen LogP contribution in [-0.4, -0.2) is 24.7 Å². The fourth-order valence-corrected chi connectivity index (χ4v) is 4.03. The van der Waals surface area contributed by atoms with Crippen LogP contribution in [0.1, 0.15) is 41.4 Å². The van der Waals surface area contributed by atoms with E-state index in [2.05, 4.69) is 4.98 Å². The molecule has 1 N–H and O–H groups in total. The molecule has 0 atom stereocenters.